The summed E-state index contributed by atoms with van der Waals surface area (Å²) in [7, 11) is 0. The van der Waals surface area contributed by atoms with Gasteiger partial charge in [0.1, 0.15) is 0 Å². The molecule has 1 N–H and O–H groups in total. The van der Waals surface area contributed by atoms with Gasteiger partial charge in [0.2, 0.25) is 0 Å². The molecule has 0 amide bonds. The lowest BCUT2D eigenvalue weighted by Gasteiger charge is -2.20. The number of ketones is 2. The van der Waals surface area contributed by atoms with E-state index in [-0.39, 0.29) is 11.6 Å². The summed E-state index contributed by atoms with van der Waals surface area (Å²) in [5, 5.41) is 9.82. The first kappa shape index (κ1) is 28.8. The highest BCUT2D eigenvalue weighted by atomic mass is 16.3. The van der Waals surface area contributed by atoms with Crippen LogP contribution in [0.2, 0.25) is 0 Å². The molecule has 3 nitrogen and oxygen atoms in total. The molecule has 0 aromatic rings. The largest absolute Gasteiger partial charge is 0.390 e. The summed E-state index contributed by atoms with van der Waals surface area (Å²) in [5.41, 5.74) is 2.12. The molecular formula is C29H50O3. The van der Waals surface area contributed by atoms with Crippen molar-refractivity contribution in [3.05, 3.63) is 22.3 Å². The minimum absolute atomic E-state index is 0.0464. The van der Waals surface area contributed by atoms with Crippen molar-refractivity contribution in [2.24, 2.45) is 17.8 Å². The number of aliphatic hydroxyl groups is 1. The maximum absolute atomic E-state index is 12.6. The van der Waals surface area contributed by atoms with Gasteiger partial charge in [-0.1, -0.05) is 72.1 Å². The van der Waals surface area contributed by atoms with Crippen LogP contribution in [-0.4, -0.2) is 22.3 Å². The van der Waals surface area contributed by atoms with Crippen molar-refractivity contribution in [3.63, 3.8) is 0 Å². The standard InChI is InChI=1S/C29H50O3/c1-20(12-9-14-21(2)16-11-19-29(7,8)32)13-10-15-22(3)17-18-26-25(6)27(30)23(4)24(5)28(26)31/h20-22,32H,9-19H2,1-8H3. The lowest BCUT2D eigenvalue weighted by molar-refractivity contribution is -0.116. The molecule has 3 atom stereocenters. The summed E-state index contributed by atoms with van der Waals surface area (Å²) >= 11 is 0. The second-order valence-corrected chi connectivity index (χ2v) is 11.4. The van der Waals surface area contributed by atoms with Gasteiger partial charge in [-0.2, -0.15) is 0 Å². The van der Waals surface area contributed by atoms with Gasteiger partial charge in [-0.05, 0) is 71.6 Å². The molecule has 0 bridgehead atoms. The molecule has 1 rings (SSSR count). The van der Waals surface area contributed by atoms with Crippen molar-refractivity contribution in [2.45, 2.75) is 132 Å². The molecule has 0 heterocycles. The van der Waals surface area contributed by atoms with Crippen LogP contribution >= 0.6 is 0 Å². The maximum atomic E-state index is 12.6. The zero-order chi connectivity index (χ0) is 24.5. The van der Waals surface area contributed by atoms with Crippen molar-refractivity contribution in [2.75, 3.05) is 0 Å². The topological polar surface area (TPSA) is 54.4 Å². The predicted octanol–water partition coefficient (Wildman–Crippen LogP) is 7.76. The van der Waals surface area contributed by atoms with Crippen LogP contribution in [0.5, 0.6) is 0 Å². The average molecular weight is 447 g/mol. The Balaban J connectivity index is 2.22. The van der Waals surface area contributed by atoms with Crippen LogP contribution in [0, 0.1) is 17.8 Å². The van der Waals surface area contributed by atoms with Crippen LogP contribution in [0.1, 0.15) is 126 Å². The van der Waals surface area contributed by atoms with Gasteiger partial charge < -0.3 is 5.11 Å². The predicted molar refractivity (Wildman–Crippen MR) is 136 cm³/mol. The number of rotatable bonds is 15. The van der Waals surface area contributed by atoms with E-state index in [0.717, 1.165) is 43.1 Å². The number of hydrogen-bond acceptors (Lipinski definition) is 3. The summed E-state index contributed by atoms with van der Waals surface area (Å²) in [6.07, 6.45) is 12.5. The third kappa shape index (κ3) is 10.1. The van der Waals surface area contributed by atoms with E-state index in [9.17, 15) is 14.7 Å². The molecule has 0 spiro atoms. The molecule has 0 saturated carbocycles. The Labute approximate surface area is 198 Å². The molecule has 0 fully saturated rings. The SMILES string of the molecule is CC1=C(C)C(=O)C(CCC(C)CCCC(C)CCCC(C)CCCC(C)(C)O)=C(C)C1=O. The third-order valence-electron chi connectivity index (χ3n) is 7.47. The Hall–Kier alpha value is -1.22. The van der Waals surface area contributed by atoms with Crippen LogP contribution in [-0.2, 0) is 9.59 Å². The summed E-state index contributed by atoms with van der Waals surface area (Å²) in [6.45, 7) is 16.1. The fourth-order valence-electron chi connectivity index (χ4n) is 4.79. The average Bonchev–Trinajstić information content (AvgIpc) is 2.69. The number of Topliss-reactive ketones (excluding diaryl/α,β-unsaturated/α-hetero) is 2. The Bertz CT molecular complexity index is 690. The Morgan fingerprint density at radius 3 is 1.53 bits per heavy atom. The number of allylic oxidation sites excluding steroid dienone is 4. The molecule has 0 aromatic carbocycles. The second kappa shape index (κ2) is 13.5. The normalized spacial score (nSPS) is 18.4. The van der Waals surface area contributed by atoms with Crippen molar-refractivity contribution >= 4 is 11.6 Å². The van der Waals surface area contributed by atoms with E-state index in [1.54, 1.807) is 13.8 Å². The summed E-state index contributed by atoms with van der Waals surface area (Å²) in [6, 6.07) is 0. The Morgan fingerprint density at radius 1 is 0.656 bits per heavy atom. The summed E-state index contributed by atoms with van der Waals surface area (Å²) in [5.74, 6) is 2.22. The van der Waals surface area contributed by atoms with E-state index in [0.29, 0.717) is 22.6 Å². The molecule has 184 valence electrons. The lowest BCUT2D eigenvalue weighted by Crippen LogP contribution is -2.21. The smallest absolute Gasteiger partial charge is 0.185 e. The van der Waals surface area contributed by atoms with Gasteiger partial charge >= 0.3 is 0 Å². The van der Waals surface area contributed by atoms with E-state index in [1.165, 1.54) is 44.9 Å². The van der Waals surface area contributed by atoms with E-state index in [4.69, 9.17) is 0 Å². The Morgan fingerprint density at radius 2 is 1.06 bits per heavy atom. The van der Waals surface area contributed by atoms with Crippen LogP contribution in [0.15, 0.2) is 22.3 Å². The molecule has 0 aromatic heterocycles. The van der Waals surface area contributed by atoms with Gasteiger partial charge in [-0.25, -0.2) is 0 Å². The molecule has 3 heteroatoms. The van der Waals surface area contributed by atoms with Crippen LogP contribution in [0.3, 0.4) is 0 Å². The van der Waals surface area contributed by atoms with Gasteiger partial charge in [-0.15, -0.1) is 0 Å². The van der Waals surface area contributed by atoms with Crippen molar-refractivity contribution in [1.82, 2.24) is 0 Å². The zero-order valence-electron chi connectivity index (χ0n) is 22.3. The van der Waals surface area contributed by atoms with Gasteiger partial charge in [0.25, 0.3) is 0 Å². The maximum Gasteiger partial charge on any atom is 0.185 e. The minimum Gasteiger partial charge on any atom is -0.390 e. The summed E-state index contributed by atoms with van der Waals surface area (Å²) < 4.78 is 0. The molecule has 1 aliphatic rings. The lowest BCUT2D eigenvalue weighted by atomic mass is 9.82. The van der Waals surface area contributed by atoms with E-state index >= 15 is 0 Å². The van der Waals surface area contributed by atoms with Gasteiger partial charge in [0.15, 0.2) is 11.6 Å². The van der Waals surface area contributed by atoms with Crippen LogP contribution in [0.25, 0.3) is 0 Å². The molecule has 3 unspecified atom stereocenters. The van der Waals surface area contributed by atoms with Crippen molar-refractivity contribution < 1.29 is 14.7 Å². The molecule has 32 heavy (non-hydrogen) atoms. The van der Waals surface area contributed by atoms with E-state index in [2.05, 4.69) is 20.8 Å². The van der Waals surface area contributed by atoms with Crippen LogP contribution < -0.4 is 0 Å². The van der Waals surface area contributed by atoms with E-state index < -0.39 is 5.60 Å². The fourth-order valence-corrected chi connectivity index (χ4v) is 4.79. The first-order chi connectivity index (χ1) is 14.8. The van der Waals surface area contributed by atoms with Gasteiger partial charge in [0.05, 0.1) is 5.60 Å². The fraction of sp³-hybridized carbons (Fsp3) is 0.793. The highest BCUT2D eigenvalue weighted by Gasteiger charge is 2.27. The second-order valence-electron chi connectivity index (χ2n) is 11.4. The first-order valence-electron chi connectivity index (χ1n) is 13.0. The molecule has 0 aliphatic heterocycles. The molecule has 0 saturated heterocycles. The van der Waals surface area contributed by atoms with Crippen LogP contribution in [0.4, 0.5) is 0 Å². The van der Waals surface area contributed by atoms with Crippen molar-refractivity contribution in [3.8, 4) is 0 Å². The van der Waals surface area contributed by atoms with Gasteiger partial charge in [0, 0.05) is 22.3 Å². The summed E-state index contributed by atoms with van der Waals surface area (Å²) in [4.78, 5) is 24.9. The third-order valence-corrected chi connectivity index (χ3v) is 7.47. The highest BCUT2D eigenvalue weighted by molar-refractivity contribution is 6.24. The monoisotopic (exact) mass is 446 g/mol. The van der Waals surface area contributed by atoms with Gasteiger partial charge in [-0.3, -0.25) is 9.59 Å². The van der Waals surface area contributed by atoms with Crippen molar-refractivity contribution in [1.29, 1.82) is 0 Å². The minimum atomic E-state index is -0.528. The molecular weight excluding hydrogens is 396 g/mol. The number of hydrogen-bond donors (Lipinski definition) is 1. The first-order valence-corrected chi connectivity index (χ1v) is 13.0. The highest BCUT2D eigenvalue weighted by Crippen LogP contribution is 2.29. The zero-order valence-corrected chi connectivity index (χ0v) is 22.3. The molecule has 0 radical (unpaired) electrons. The number of carbonyl (C=O) groups is 2. The Kier molecular flexibility index (Phi) is 12.1. The molecule has 1 aliphatic carbocycles. The van der Waals surface area contributed by atoms with E-state index in [1.807, 2.05) is 20.8 Å². The number of carbonyl (C=O) groups excluding carboxylic acids is 2. The quantitative estimate of drug-likeness (QED) is 0.261.